The average Bonchev–Trinajstić information content (AvgIpc) is 3.75. The van der Waals surface area contributed by atoms with Crippen LogP contribution in [0.5, 0.6) is 0 Å². The molecule has 52 heavy (non-hydrogen) atoms. The van der Waals surface area contributed by atoms with E-state index in [2.05, 4.69) is 209 Å². The third-order valence-corrected chi connectivity index (χ3v) is 10.1. The van der Waals surface area contributed by atoms with E-state index in [4.69, 9.17) is 4.98 Å². The molecule has 0 atom stereocenters. The molecule has 0 fully saturated rings. The normalized spacial score (nSPS) is 11.5. The fourth-order valence-corrected chi connectivity index (χ4v) is 7.81. The van der Waals surface area contributed by atoms with Gasteiger partial charge in [-0.3, -0.25) is 0 Å². The van der Waals surface area contributed by atoms with E-state index in [1.54, 1.807) is 0 Å². The van der Waals surface area contributed by atoms with Crippen LogP contribution in [-0.4, -0.2) is 14.1 Å². The van der Waals surface area contributed by atoms with E-state index in [-0.39, 0.29) is 0 Å². The summed E-state index contributed by atoms with van der Waals surface area (Å²) < 4.78 is 4.81. The fourth-order valence-electron chi connectivity index (χ4n) is 7.81. The van der Waals surface area contributed by atoms with Gasteiger partial charge in [-0.1, -0.05) is 158 Å². The molecule has 0 radical (unpaired) electrons. The standard InChI is InChI=1S/C49H33N3/c1-4-16-34(17-5-1)43-32-39(33-44(50-43)35-18-6-2-7-19-35)52-47-27-15-12-24-42(47)48(49(52)37-20-8-3-9-21-37)36-28-30-38(31-29-36)51-45-25-13-10-22-40(45)41-23-11-14-26-46(41)51/h1-33H. The fraction of sp³-hybridized carbons (Fsp3) is 0. The number of pyridine rings is 1. The molecule has 3 aromatic heterocycles. The molecule has 0 N–H and O–H groups in total. The molecule has 7 aromatic carbocycles. The minimum Gasteiger partial charge on any atom is -0.309 e. The first-order valence-electron chi connectivity index (χ1n) is 17.7. The van der Waals surface area contributed by atoms with Gasteiger partial charge in [0.2, 0.25) is 0 Å². The molecule has 0 aliphatic heterocycles. The van der Waals surface area contributed by atoms with Crippen molar-refractivity contribution >= 4 is 32.7 Å². The molecule has 10 rings (SSSR count). The molecule has 0 spiro atoms. The van der Waals surface area contributed by atoms with Crippen LogP contribution < -0.4 is 0 Å². The van der Waals surface area contributed by atoms with Gasteiger partial charge >= 0.3 is 0 Å². The van der Waals surface area contributed by atoms with E-state index in [0.29, 0.717) is 0 Å². The predicted molar refractivity (Wildman–Crippen MR) is 217 cm³/mol. The van der Waals surface area contributed by atoms with E-state index in [9.17, 15) is 0 Å². The van der Waals surface area contributed by atoms with Crippen molar-refractivity contribution in [3.8, 4) is 56.3 Å². The number of benzene rings is 7. The topological polar surface area (TPSA) is 22.8 Å². The van der Waals surface area contributed by atoms with Gasteiger partial charge in [0, 0.05) is 38.5 Å². The zero-order chi connectivity index (χ0) is 34.4. The number of rotatable bonds is 6. The molecule has 244 valence electrons. The average molecular weight is 664 g/mol. The smallest absolute Gasteiger partial charge is 0.0730 e. The lowest BCUT2D eigenvalue weighted by Crippen LogP contribution is -2.01. The zero-order valence-electron chi connectivity index (χ0n) is 28.4. The van der Waals surface area contributed by atoms with Gasteiger partial charge in [-0.25, -0.2) is 4.98 Å². The number of hydrogen-bond donors (Lipinski definition) is 0. The van der Waals surface area contributed by atoms with Crippen LogP contribution in [0.4, 0.5) is 0 Å². The largest absolute Gasteiger partial charge is 0.309 e. The van der Waals surface area contributed by atoms with Crippen LogP contribution >= 0.6 is 0 Å². The summed E-state index contributed by atoms with van der Waals surface area (Å²) in [6.07, 6.45) is 0. The van der Waals surface area contributed by atoms with Crippen molar-refractivity contribution < 1.29 is 0 Å². The molecular weight excluding hydrogens is 631 g/mol. The Labute approximate surface area is 302 Å². The summed E-state index contributed by atoms with van der Waals surface area (Å²) in [7, 11) is 0. The van der Waals surface area contributed by atoms with Gasteiger partial charge in [-0.2, -0.15) is 0 Å². The molecule has 0 bridgehead atoms. The first kappa shape index (κ1) is 29.9. The lowest BCUT2D eigenvalue weighted by atomic mass is 9.98. The summed E-state index contributed by atoms with van der Waals surface area (Å²) >= 11 is 0. The molecule has 3 heteroatoms. The number of fused-ring (bicyclic) bond motifs is 4. The Morgan fingerprint density at radius 2 is 0.731 bits per heavy atom. The van der Waals surface area contributed by atoms with Crippen LogP contribution in [0.2, 0.25) is 0 Å². The second kappa shape index (κ2) is 12.4. The van der Waals surface area contributed by atoms with Gasteiger partial charge in [0.05, 0.1) is 39.3 Å². The Hall–Kier alpha value is -6.97. The van der Waals surface area contributed by atoms with Crippen LogP contribution in [0.1, 0.15) is 0 Å². The summed E-state index contributed by atoms with van der Waals surface area (Å²) in [4.78, 5) is 5.21. The predicted octanol–water partition coefficient (Wildman–Crippen LogP) is 12.8. The van der Waals surface area contributed by atoms with Gasteiger partial charge in [0.1, 0.15) is 0 Å². The summed E-state index contributed by atoms with van der Waals surface area (Å²) in [5.74, 6) is 0. The first-order valence-corrected chi connectivity index (χ1v) is 17.7. The molecule has 0 aliphatic rings. The van der Waals surface area contributed by atoms with Crippen molar-refractivity contribution in [1.82, 2.24) is 14.1 Å². The van der Waals surface area contributed by atoms with Gasteiger partial charge in [-0.15, -0.1) is 0 Å². The maximum absolute atomic E-state index is 5.21. The summed E-state index contributed by atoms with van der Waals surface area (Å²) in [5, 5.41) is 3.72. The molecule has 10 aromatic rings. The van der Waals surface area contributed by atoms with Crippen LogP contribution in [0.15, 0.2) is 200 Å². The van der Waals surface area contributed by atoms with Gasteiger partial charge in [0.15, 0.2) is 0 Å². The maximum Gasteiger partial charge on any atom is 0.0730 e. The van der Waals surface area contributed by atoms with Gasteiger partial charge < -0.3 is 9.13 Å². The number of para-hydroxylation sites is 3. The van der Waals surface area contributed by atoms with E-state index in [1.165, 1.54) is 38.3 Å². The molecular formula is C49H33N3. The third kappa shape index (κ3) is 4.94. The highest BCUT2D eigenvalue weighted by Crippen LogP contribution is 2.44. The van der Waals surface area contributed by atoms with E-state index in [0.717, 1.165) is 50.7 Å². The van der Waals surface area contributed by atoms with Crippen LogP contribution in [0, 0.1) is 0 Å². The Kier molecular flexibility index (Phi) is 7.14. The molecule has 0 unspecified atom stereocenters. The molecule has 3 nitrogen and oxygen atoms in total. The second-order valence-corrected chi connectivity index (χ2v) is 13.2. The molecule has 0 amide bonds. The Balaban J connectivity index is 1.23. The lowest BCUT2D eigenvalue weighted by Gasteiger charge is -2.16. The highest BCUT2D eigenvalue weighted by Gasteiger charge is 2.23. The zero-order valence-corrected chi connectivity index (χ0v) is 28.4. The van der Waals surface area contributed by atoms with Crippen molar-refractivity contribution in [2.45, 2.75) is 0 Å². The van der Waals surface area contributed by atoms with Crippen molar-refractivity contribution in [3.05, 3.63) is 200 Å². The van der Waals surface area contributed by atoms with Crippen LogP contribution in [0.25, 0.3) is 89.0 Å². The molecule has 0 aliphatic carbocycles. The highest BCUT2D eigenvalue weighted by atomic mass is 15.0. The van der Waals surface area contributed by atoms with Crippen molar-refractivity contribution in [1.29, 1.82) is 0 Å². The highest BCUT2D eigenvalue weighted by molar-refractivity contribution is 6.09. The van der Waals surface area contributed by atoms with Crippen molar-refractivity contribution in [3.63, 3.8) is 0 Å². The number of nitrogens with zero attached hydrogens (tertiary/aromatic N) is 3. The molecule has 3 heterocycles. The van der Waals surface area contributed by atoms with E-state index in [1.807, 2.05) is 0 Å². The summed E-state index contributed by atoms with van der Waals surface area (Å²) in [5.41, 5.74) is 14.5. The van der Waals surface area contributed by atoms with Gasteiger partial charge in [-0.05, 0) is 53.6 Å². The maximum atomic E-state index is 5.21. The Morgan fingerprint density at radius 1 is 0.308 bits per heavy atom. The first-order chi connectivity index (χ1) is 25.8. The SMILES string of the molecule is c1ccc(-c2cc(-n3c(-c4ccccc4)c(-c4ccc(-n5c6ccccc6c6ccccc65)cc4)c4ccccc43)cc(-c3ccccc3)n2)cc1. The van der Waals surface area contributed by atoms with Crippen molar-refractivity contribution in [2.75, 3.05) is 0 Å². The Bertz CT molecular complexity index is 2750. The number of aromatic nitrogens is 3. The van der Waals surface area contributed by atoms with E-state index < -0.39 is 0 Å². The third-order valence-electron chi connectivity index (χ3n) is 10.1. The monoisotopic (exact) mass is 663 g/mol. The van der Waals surface area contributed by atoms with Crippen molar-refractivity contribution in [2.24, 2.45) is 0 Å². The van der Waals surface area contributed by atoms with Gasteiger partial charge in [0.25, 0.3) is 0 Å². The molecule has 0 saturated carbocycles. The summed E-state index contributed by atoms with van der Waals surface area (Å²) in [6.45, 7) is 0. The quantitative estimate of drug-likeness (QED) is 0.174. The van der Waals surface area contributed by atoms with E-state index >= 15 is 0 Å². The van der Waals surface area contributed by atoms with Crippen LogP contribution in [-0.2, 0) is 0 Å². The summed E-state index contributed by atoms with van der Waals surface area (Å²) in [6, 6.07) is 71.4. The molecule has 0 saturated heterocycles. The second-order valence-electron chi connectivity index (χ2n) is 13.2. The minimum atomic E-state index is 0.936. The lowest BCUT2D eigenvalue weighted by molar-refractivity contribution is 1.12. The number of hydrogen-bond acceptors (Lipinski definition) is 1. The minimum absolute atomic E-state index is 0.936. The Morgan fingerprint density at radius 3 is 1.25 bits per heavy atom. The van der Waals surface area contributed by atoms with Crippen LogP contribution in [0.3, 0.4) is 0 Å².